The van der Waals surface area contributed by atoms with E-state index in [-0.39, 0.29) is 0 Å². The Bertz CT molecular complexity index is 396. The SMILES string of the molecule is CCCNCC1CCC(C(C)C)CC1c1ccsc1C. The molecule has 3 atom stereocenters. The van der Waals surface area contributed by atoms with Gasteiger partial charge in [-0.2, -0.15) is 0 Å². The van der Waals surface area contributed by atoms with Gasteiger partial charge in [0.2, 0.25) is 0 Å². The van der Waals surface area contributed by atoms with Crippen molar-refractivity contribution in [2.24, 2.45) is 17.8 Å². The maximum Gasteiger partial charge on any atom is 0.00491 e. The van der Waals surface area contributed by atoms with Gasteiger partial charge < -0.3 is 5.32 Å². The normalized spacial score (nSPS) is 27.1. The van der Waals surface area contributed by atoms with Crippen molar-refractivity contribution < 1.29 is 0 Å². The Labute approximate surface area is 129 Å². The average Bonchev–Trinajstić information content (AvgIpc) is 2.85. The Morgan fingerprint density at radius 2 is 2.15 bits per heavy atom. The van der Waals surface area contributed by atoms with Crippen LogP contribution in [-0.2, 0) is 0 Å². The van der Waals surface area contributed by atoms with Crippen LogP contribution < -0.4 is 5.32 Å². The topological polar surface area (TPSA) is 12.0 Å². The molecule has 1 N–H and O–H groups in total. The molecular formula is C18H31NS. The number of nitrogens with one attached hydrogen (secondary N) is 1. The summed E-state index contributed by atoms with van der Waals surface area (Å²) in [6.07, 6.45) is 5.46. The van der Waals surface area contributed by atoms with Gasteiger partial charge in [-0.15, -0.1) is 11.3 Å². The van der Waals surface area contributed by atoms with Gasteiger partial charge in [-0.25, -0.2) is 0 Å². The van der Waals surface area contributed by atoms with Crippen LogP contribution in [0.4, 0.5) is 0 Å². The predicted molar refractivity (Wildman–Crippen MR) is 90.6 cm³/mol. The number of hydrogen-bond donors (Lipinski definition) is 1. The molecule has 0 spiro atoms. The molecule has 0 amide bonds. The molecule has 1 heterocycles. The van der Waals surface area contributed by atoms with E-state index < -0.39 is 0 Å². The van der Waals surface area contributed by atoms with E-state index in [1.165, 1.54) is 38.8 Å². The molecule has 3 unspecified atom stereocenters. The van der Waals surface area contributed by atoms with Gasteiger partial charge >= 0.3 is 0 Å². The molecule has 1 fully saturated rings. The monoisotopic (exact) mass is 293 g/mol. The van der Waals surface area contributed by atoms with Crippen LogP contribution in [0.3, 0.4) is 0 Å². The van der Waals surface area contributed by atoms with Crippen molar-refractivity contribution in [1.82, 2.24) is 5.32 Å². The lowest BCUT2D eigenvalue weighted by atomic mass is 9.68. The van der Waals surface area contributed by atoms with Crippen molar-refractivity contribution >= 4 is 11.3 Å². The molecule has 0 radical (unpaired) electrons. The summed E-state index contributed by atoms with van der Waals surface area (Å²) in [5.41, 5.74) is 1.64. The molecule has 0 aromatic carbocycles. The summed E-state index contributed by atoms with van der Waals surface area (Å²) in [6, 6.07) is 2.39. The van der Waals surface area contributed by atoms with Crippen molar-refractivity contribution in [3.8, 4) is 0 Å². The molecule has 1 nitrogen and oxygen atoms in total. The van der Waals surface area contributed by atoms with Gasteiger partial charge in [0, 0.05) is 4.88 Å². The molecule has 0 aliphatic heterocycles. The first-order valence-corrected chi connectivity index (χ1v) is 9.26. The van der Waals surface area contributed by atoms with Crippen molar-refractivity contribution in [1.29, 1.82) is 0 Å². The molecule has 1 aliphatic carbocycles. The van der Waals surface area contributed by atoms with E-state index in [1.807, 2.05) is 11.3 Å². The molecule has 114 valence electrons. The quantitative estimate of drug-likeness (QED) is 0.710. The third-order valence-corrected chi connectivity index (χ3v) is 5.97. The van der Waals surface area contributed by atoms with Crippen molar-refractivity contribution in [2.75, 3.05) is 13.1 Å². The van der Waals surface area contributed by atoms with E-state index in [9.17, 15) is 0 Å². The molecule has 1 aromatic heterocycles. The highest BCUT2D eigenvalue weighted by atomic mass is 32.1. The Kier molecular flexibility index (Phi) is 6.10. The maximum absolute atomic E-state index is 3.66. The molecule has 20 heavy (non-hydrogen) atoms. The van der Waals surface area contributed by atoms with Crippen molar-refractivity contribution in [3.63, 3.8) is 0 Å². The molecule has 0 bridgehead atoms. The Balaban J connectivity index is 2.08. The van der Waals surface area contributed by atoms with Gasteiger partial charge in [-0.1, -0.05) is 20.8 Å². The summed E-state index contributed by atoms with van der Waals surface area (Å²) < 4.78 is 0. The van der Waals surface area contributed by atoms with Gasteiger partial charge in [-0.05, 0) is 86.4 Å². The van der Waals surface area contributed by atoms with E-state index in [2.05, 4.69) is 44.5 Å². The zero-order chi connectivity index (χ0) is 14.5. The minimum atomic E-state index is 0.784. The fraction of sp³-hybridized carbons (Fsp3) is 0.778. The average molecular weight is 294 g/mol. The zero-order valence-electron chi connectivity index (χ0n) is 13.6. The van der Waals surface area contributed by atoms with E-state index in [4.69, 9.17) is 0 Å². The molecular weight excluding hydrogens is 262 g/mol. The van der Waals surface area contributed by atoms with Crippen LogP contribution in [0.1, 0.15) is 62.8 Å². The second kappa shape index (κ2) is 7.61. The van der Waals surface area contributed by atoms with Crippen LogP contribution >= 0.6 is 11.3 Å². The summed E-state index contributed by atoms with van der Waals surface area (Å²) >= 11 is 1.92. The Morgan fingerprint density at radius 1 is 1.35 bits per heavy atom. The smallest absolute Gasteiger partial charge is 0.00491 e. The zero-order valence-corrected chi connectivity index (χ0v) is 14.4. The predicted octanol–water partition coefficient (Wildman–Crippen LogP) is 5.21. The van der Waals surface area contributed by atoms with E-state index in [1.54, 1.807) is 10.4 Å². The van der Waals surface area contributed by atoms with Gasteiger partial charge in [0.05, 0.1) is 0 Å². The third-order valence-electron chi connectivity index (χ3n) is 5.11. The van der Waals surface area contributed by atoms with Crippen LogP contribution in [0, 0.1) is 24.7 Å². The lowest BCUT2D eigenvalue weighted by Gasteiger charge is -2.38. The summed E-state index contributed by atoms with van der Waals surface area (Å²) in [5.74, 6) is 3.37. The highest BCUT2D eigenvalue weighted by Crippen LogP contribution is 2.44. The fourth-order valence-corrected chi connectivity index (χ4v) is 4.51. The largest absolute Gasteiger partial charge is 0.316 e. The lowest BCUT2D eigenvalue weighted by Crippen LogP contribution is -2.33. The molecule has 1 saturated carbocycles. The standard InChI is InChI=1S/C18H31NS/c1-5-9-19-12-16-7-6-15(13(2)3)11-18(16)17-8-10-20-14(17)4/h8,10,13,15-16,18-19H,5-7,9,11-12H2,1-4H3. The Morgan fingerprint density at radius 3 is 2.75 bits per heavy atom. The third kappa shape index (κ3) is 3.85. The van der Waals surface area contributed by atoms with Gasteiger partial charge in [-0.3, -0.25) is 0 Å². The van der Waals surface area contributed by atoms with Crippen LogP contribution in [0.25, 0.3) is 0 Å². The molecule has 1 aromatic rings. The highest BCUT2D eigenvalue weighted by molar-refractivity contribution is 7.10. The number of aryl methyl sites for hydroxylation is 1. The summed E-state index contributed by atoms with van der Waals surface area (Å²) in [7, 11) is 0. The first kappa shape index (κ1) is 16.0. The number of thiophene rings is 1. The van der Waals surface area contributed by atoms with Crippen LogP contribution in [0.5, 0.6) is 0 Å². The minimum absolute atomic E-state index is 0.784. The van der Waals surface area contributed by atoms with Gasteiger partial charge in [0.15, 0.2) is 0 Å². The van der Waals surface area contributed by atoms with Crippen molar-refractivity contribution in [3.05, 3.63) is 21.9 Å². The van der Waals surface area contributed by atoms with E-state index >= 15 is 0 Å². The molecule has 0 saturated heterocycles. The van der Waals surface area contributed by atoms with Crippen LogP contribution in [0.15, 0.2) is 11.4 Å². The maximum atomic E-state index is 3.66. The van der Waals surface area contributed by atoms with Crippen molar-refractivity contribution in [2.45, 2.75) is 59.3 Å². The van der Waals surface area contributed by atoms with Gasteiger partial charge in [0.25, 0.3) is 0 Å². The minimum Gasteiger partial charge on any atom is -0.316 e. The van der Waals surface area contributed by atoms with Crippen LogP contribution in [-0.4, -0.2) is 13.1 Å². The summed E-state index contributed by atoms with van der Waals surface area (Å²) in [4.78, 5) is 1.54. The first-order valence-electron chi connectivity index (χ1n) is 8.38. The first-order chi connectivity index (χ1) is 9.63. The summed E-state index contributed by atoms with van der Waals surface area (Å²) in [6.45, 7) is 11.7. The number of rotatable bonds is 6. The lowest BCUT2D eigenvalue weighted by molar-refractivity contribution is 0.190. The van der Waals surface area contributed by atoms with Gasteiger partial charge in [0.1, 0.15) is 0 Å². The molecule has 2 heteroatoms. The van der Waals surface area contributed by atoms with E-state index in [0.717, 1.165) is 23.7 Å². The second-order valence-electron chi connectivity index (χ2n) is 6.82. The second-order valence-corrected chi connectivity index (χ2v) is 7.94. The summed E-state index contributed by atoms with van der Waals surface area (Å²) in [5, 5.41) is 5.94. The Hall–Kier alpha value is -0.340. The van der Waals surface area contributed by atoms with E-state index in [0.29, 0.717) is 0 Å². The number of hydrogen-bond acceptors (Lipinski definition) is 2. The fourth-order valence-electron chi connectivity index (χ4n) is 3.74. The van der Waals surface area contributed by atoms with Crippen LogP contribution in [0.2, 0.25) is 0 Å². The highest BCUT2D eigenvalue weighted by Gasteiger charge is 2.33. The molecule has 1 aliphatic rings. The molecule has 2 rings (SSSR count).